The highest BCUT2D eigenvalue weighted by atomic mass is 19.1. The lowest BCUT2D eigenvalue weighted by Gasteiger charge is -2.29. The number of rotatable bonds is 4. The Hall–Kier alpha value is -2.87. The fourth-order valence-electron chi connectivity index (χ4n) is 4.47. The van der Waals surface area contributed by atoms with Crippen LogP contribution in [0.4, 0.5) is 10.3 Å². The van der Waals surface area contributed by atoms with Gasteiger partial charge in [0.1, 0.15) is 5.67 Å². The van der Waals surface area contributed by atoms with E-state index in [4.69, 9.17) is 10.1 Å². The molecule has 0 saturated heterocycles. The van der Waals surface area contributed by atoms with Crippen molar-refractivity contribution in [2.75, 3.05) is 11.9 Å². The monoisotopic (exact) mass is 421 g/mol. The third-order valence-corrected chi connectivity index (χ3v) is 6.29. The second-order valence-electron chi connectivity index (χ2n) is 8.76. The number of fused-ring (bicyclic) bond motifs is 2. The number of halogens is 1. The van der Waals surface area contributed by atoms with E-state index in [-0.39, 0.29) is 12.6 Å². The van der Waals surface area contributed by atoms with Gasteiger partial charge in [-0.15, -0.1) is 0 Å². The Morgan fingerprint density at radius 2 is 2.03 bits per heavy atom. The molecule has 0 aromatic carbocycles. The number of nitrogens with one attached hydrogen (secondary N) is 2. The fraction of sp³-hybridized carbons (Fsp3) is 0.478. The molecule has 7 nitrogen and oxygen atoms in total. The molecule has 2 aliphatic rings. The summed E-state index contributed by atoms with van der Waals surface area (Å²) in [5, 5.41) is 11.4. The first-order valence-corrected chi connectivity index (χ1v) is 11.1. The molecule has 0 spiro atoms. The van der Waals surface area contributed by atoms with Crippen molar-refractivity contribution in [1.29, 1.82) is 0 Å². The number of imidazole rings is 1. The van der Waals surface area contributed by atoms with Crippen LogP contribution in [0.1, 0.15) is 61.7 Å². The molecule has 1 atom stereocenters. The summed E-state index contributed by atoms with van der Waals surface area (Å²) in [6, 6.07) is 4.11. The number of hydrogen-bond acceptors (Lipinski definition) is 6. The Bertz CT molecular complexity index is 1130. The first-order valence-electron chi connectivity index (χ1n) is 11.1. The maximum absolute atomic E-state index is 15.0. The van der Waals surface area contributed by atoms with Gasteiger partial charge in [-0.05, 0) is 38.8 Å². The van der Waals surface area contributed by atoms with Crippen LogP contribution >= 0.6 is 0 Å². The summed E-state index contributed by atoms with van der Waals surface area (Å²) in [6.45, 7) is 4.97. The minimum atomic E-state index is -1.16. The SMILES string of the molecule is Cc1cnc2ccc(C3=C[C@@H](C)NCc4nc(NCC5(F)CCCCC5)ncc43)nn12. The van der Waals surface area contributed by atoms with Crippen molar-refractivity contribution in [1.82, 2.24) is 29.9 Å². The molecule has 1 fully saturated rings. The second kappa shape index (κ2) is 8.00. The van der Waals surface area contributed by atoms with Crippen LogP contribution < -0.4 is 10.6 Å². The number of nitrogens with zero attached hydrogens (tertiary/aromatic N) is 5. The number of alkyl halides is 1. The van der Waals surface area contributed by atoms with Gasteiger partial charge in [-0.25, -0.2) is 23.9 Å². The summed E-state index contributed by atoms with van der Waals surface area (Å²) >= 11 is 0. The molecule has 4 heterocycles. The van der Waals surface area contributed by atoms with Gasteiger partial charge in [0.25, 0.3) is 0 Å². The number of aryl methyl sites for hydroxylation is 1. The molecule has 0 amide bonds. The number of aromatic nitrogens is 5. The Labute approximate surface area is 181 Å². The average Bonchev–Trinajstić information content (AvgIpc) is 3.06. The summed E-state index contributed by atoms with van der Waals surface area (Å²) in [5.74, 6) is 0.478. The van der Waals surface area contributed by atoms with E-state index in [0.29, 0.717) is 25.3 Å². The molecule has 3 aromatic heterocycles. The molecule has 0 bridgehead atoms. The lowest BCUT2D eigenvalue weighted by Crippen LogP contribution is -2.34. The molecule has 0 radical (unpaired) electrons. The normalized spacial score (nSPS) is 20.7. The van der Waals surface area contributed by atoms with Gasteiger partial charge in [0.05, 0.1) is 29.8 Å². The Kier molecular flexibility index (Phi) is 5.17. The van der Waals surface area contributed by atoms with Crippen LogP contribution in [0.5, 0.6) is 0 Å². The minimum absolute atomic E-state index is 0.151. The molecule has 8 heteroatoms. The van der Waals surface area contributed by atoms with Gasteiger partial charge in [0.2, 0.25) is 5.95 Å². The van der Waals surface area contributed by atoms with E-state index in [1.165, 1.54) is 0 Å². The molecule has 1 aliphatic carbocycles. The Morgan fingerprint density at radius 3 is 2.87 bits per heavy atom. The summed E-state index contributed by atoms with van der Waals surface area (Å²) in [4.78, 5) is 13.6. The third kappa shape index (κ3) is 4.04. The van der Waals surface area contributed by atoms with Crippen molar-refractivity contribution in [2.45, 2.75) is 64.2 Å². The van der Waals surface area contributed by atoms with E-state index in [1.54, 1.807) is 0 Å². The first kappa shape index (κ1) is 20.1. The molecule has 5 rings (SSSR count). The molecule has 162 valence electrons. The summed E-state index contributed by atoms with van der Waals surface area (Å²) in [7, 11) is 0. The van der Waals surface area contributed by atoms with Gasteiger partial charge >= 0.3 is 0 Å². The van der Waals surface area contributed by atoms with Crippen molar-refractivity contribution in [2.24, 2.45) is 0 Å². The zero-order chi connectivity index (χ0) is 21.4. The molecular formula is C23H28FN7. The maximum atomic E-state index is 15.0. The topological polar surface area (TPSA) is 80.0 Å². The van der Waals surface area contributed by atoms with Crippen molar-refractivity contribution in [3.63, 3.8) is 0 Å². The van der Waals surface area contributed by atoms with E-state index in [0.717, 1.165) is 53.1 Å². The van der Waals surface area contributed by atoms with Crippen molar-refractivity contribution >= 4 is 17.2 Å². The average molecular weight is 422 g/mol. The Morgan fingerprint density at radius 1 is 1.19 bits per heavy atom. The highest BCUT2D eigenvalue weighted by Gasteiger charge is 2.31. The first-order chi connectivity index (χ1) is 15.0. The van der Waals surface area contributed by atoms with Crippen molar-refractivity contribution in [3.8, 4) is 0 Å². The van der Waals surface area contributed by atoms with Gasteiger partial charge in [-0.2, -0.15) is 5.10 Å². The van der Waals surface area contributed by atoms with Crippen LogP contribution in [0, 0.1) is 6.92 Å². The molecule has 0 unspecified atom stereocenters. The minimum Gasteiger partial charge on any atom is -0.351 e. The smallest absolute Gasteiger partial charge is 0.223 e. The lowest BCUT2D eigenvalue weighted by molar-refractivity contribution is 0.122. The van der Waals surface area contributed by atoms with Crippen LogP contribution in [0.15, 0.2) is 30.6 Å². The van der Waals surface area contributed by atoms with Gasteiger partial charge in [0, 0.05) is 29.9 Å². The maximum Gasteiger partial charge on any atom is 0.223 e. The molecular weight excluding hydrogens is 393 g/mol. The largest absolute Gasteiger partial charge is 0.351 e. The predicted octanol–water partition coefficient (Wildman–Crippen LogP) is 3.84. The molecule has 31 heavy (non-hydrogen) atoms. The zero-order valence-corrected chi connectivity index (χ0v) is 18.0. The van der Waals surface area contributed by atoms with Gasteiger partial charge in [-0.1, -0.05) is 25.3 Å². The van der Waals surface area contributed by atoms with Crippen LogP contribution in [-0.4, -0.2) is 42.8 Å². The number of anilines is 1. The standard InChI is InChI=1S/C23H28FN7/c1-15-10-17(19-6-7-21-26-11-16(2)31(21)30-19)18-12-27-22(29-20(18)13-25-15)28-14-23(24)8-4-3-5-9-23/h6-7,10-12,15,25H,3-5,8-9,13-14H2,1-2H3,(H,27,28,29)/t15-/m1/s1. The zero-order valence-electron chi connectivity index (χ0n) is 18.0. The highest BCUT2D eigenvalue weighted by Crippen LogP contribution is 2.32. The molecule has 1 saturated carbocycles. The molecule has 2 N–H and O–H groups in total. The van der Waals surface area contributed by atoms with Crippen LogP contribution in [0.3, 0.4) is 0 Å². The van der Waals surface area contributed by atoms with Crippen LogP contribution in [0.2, 0.25) is 0 Å². The van der Waals surface area contributed by atoms with E-state index in [9.17, 15) is 4.39 Å². The Balaban J connectivity index is 1.45. The van der Waals surface area contributed by atoms with Crippen molar-refractivity contribution in [3.05, 3.63) is 53.2 Å². The van der Waals surface area contributed by atoms with Crippen LogP contribution in [0.25, 0.3) is 11.2 Å². The quantitative estimate of drug-likeness (QED) is 0.666. The van der Waals surface area contributed by atoms with E-state index in [2.05, 4.69) is 33.6 Å². The third-order valence-electron chi connectivity index (χ3n) is 6.29. The van der Waals surface area contributed by atoms with E-state index < -0.39 is 5.67 Å². The van der Waals surface area contributed by atoms with Gasteiger partial charge in [-0.3, -0.25) is 0 Å². The number of hydrogen-bond donors (Lipinski definition) is 2. The lowest BCUT2D eigenvalue weighted by atomic mass is 9.86. The summed E-state index contributed by atoms with van der Waals surface area (Å²) in [5.41, 5.74) is 4.31. The fourth-order valence-corrected chi connectivity index (χ4v) is 4.47. The highest BCUT2D eigenvalue weighted by molar-refractivity contribution is 5.80. The molecule has 3 aromatic rings. The van der Waals surface area contributed by atoms with Gasteiger partial charge < -0.3 is 10.6 Å². The van der Waals surface area contributed by atoms with Gasteiger partial charge in [0.15, 0.2) is 5.65 Å². The van der Waals surface area contributed by atoms with E-state index in [1.807, 2.05) is 36.0 Å². The second-order valence-corrected chi connectivity index (χ2v) is 8.76. The summed E-state index contributed by atoms with van der Waals surface area (Å²) < 4.78 is 16.8. The summed E-state index contributed by atoms with van der Waals surface area (Å²) in [6.07, 6.45) is 10.0. The predicted molar refractivity (Wildman–Crippen MR) is 119 cm³/mol. The van der Waals surface area contributed by atoms with Crippen LogP contribution in [-0.2, 0) is 6.54 Å². The molecule has 1 aliphatic heterocycles. The van der Waals surface area contributed by atoms with Crippen molar-refractivity contribution < 1.29 is 4.39 Å². The van der Waals surface area contributed by atoms with E-state index >= 15 is 0 Å².